The molecule has 224 valence electrons. The molecule has 3 N–H and O–H groups in total. The zero-order valence-electron chi connectivity index (χ0n) is 24.7. The molecule has 43 heavy (non-hydrogen) atoms. The van der Waals surface area contributed by atoms with E-state index >= 15 is 0 Å². The highest BCUT2D eigenvalue weighted by Gasteiger charge is 2.26. The summed E-state index contributed by atoms with van der Waals surface area (Å²) < 4.78 is 6.89. The Morgan fingerprint density at radius 3 is 2.30 bits per heavy atom. The molecule has 0 aliphatic carbocycles. The van der Waals surface area contributed by atoms with Crippen LogP contribution in [0.5, 0.6) is 17.2 Å². The first-order chi connectivity index (χ1) is 20.7. The van der Waals surface area contributed by atoms with Crippen LogP contribution in [-0.2, 0) is 0 Å². The van der Waals surface area contributed by atoms with Crippen LogP contribution in [0, 0.1) is 0 Å². The molecule has 1 aliphatic rings. The minimum Gasteiger partial charge on any atom is -0.508 e. The quantitative estimate of drug-likeness (QED) is 0.281. The zero-order chi connectivity index (χ0) is 30.7. The van der Waals surface area contributed by atoms with Crippen molar-refractivity contribution in [3.63, 3.8) is 0 Å². The summed E-state index contributed by atoms with van der Waals surface area (Å²) in [4.78, 5) is 30.4. The van der Waals surface area contributed by atoms with E-state index in [9.17, 15) is 19.8 Å². The first kappa shape index (κ1) is 29.4. The highest BCUT2D eigenvalue weighted by atomic mass is 16.5. The summed E-state index contributed by atoms with van der Waals surface area (Å²) in [6.07, 6.45) is 0. The number of anilines is 1. The number of benzene rings is 3. The summed E-state index contributed by atoms with van der Waals surface area (Å²) >= 11 is 0. The van der Waals surface area contributed by atoms with Crippen LogP contribution >= 0.6 is 0 Å². The third kappa shape index (κ3) is 5.97. The predicted molar refractivity (Wildman–Crippen MR) is 163 cm³/mol. The van der Waals surface area contributed by atoms with Gasteiger partial charge >= 0.3 is 0 Å². The van der Waals surface area contributed by atoms with Gasteiger partial charge in [0.15, 0.2) is 5.82 Å². The maximum atomic E-state index is 13.4. The monoisotopic (exact) mass is 584 g/mol. The highest BCUT2D eigenvalue weighted by Crippen LogP contribution is 2.38. The van der Waals surface area contributed by atoms with Gasteiger partial charge in [-0.2, -0.15) is 0 Å². The molecular formula is C32H36N6O5. The largest absolute Gasteiger partial charge is 0.508 e. The molecule has 0 radical (unpaired) electrons. The van der Waals surface area contributed by atoms with Crippen LogP contribution in [0.15, 0.2) is 60.7 Å². The molecule has 11 heteroatoms. The fraction of sp³-hybridized carbons (Fsp3) is 0.312. The number of amides is 2. The van der Waals surface area contributed by atoms with E-state index in [0.717, 1.165) is 11.4 Å². The third-order valence-electron chi connectivity index (χ3n) is 7.57. The Labute approximate surface area is 250 Å². The maximum Gasteiger partial charge on any atom is 0.289 e. The molecule has 11 nitrogen and oxygen atoms in total. The third-order valence-corrected chi connectivity index (χ3v) is 7.57. The number of methoxy groups -OCH3 is 1. The van der Waals surface area contributed by atoms with Gasteiger partial charge in [-0.3, -0.25) is 14.2 Å². The number of carbonyl (C=O) groups is 2. The van der Waals surface area contributed by atoms with Gasteiger partial charge in [-0.1, -0.05) is 19.9 Å². The number of aromatic nitrogens is 3. The molecule has 0 atom stereocenters. The second-order valence-electron chi connectivity index (χ2n) is 10.7. The average molecular weight is 585 g/mol. The van der Waals surface area contributed by atoms with E-state index in [4.69, 9.17) is 4.74 Å². The van der Waals surface area contributed by atoms with E-state index in [0.29, 0.717) is 55.1 Å². The topological polar surface area (TPSA) is 133 Å². The van der Waals surface area contributed by atoms with Crippen molar-refractivity contribution < 1.29 is 24.5 Å². The Kier molecular flexibility index (Phi) is 8.51. The van der Waals surface area contributed by atoms with E-state index < -0.39 is 5.91 Å². The molecule has 0 spiro atoms. The maximum absolute atomic E-state index is 13.4. The van der Waals surface area contributed by atoms with Crippen LogP contribution in [0.2, 0.25) is 0 Å². The summed E-state index contributed by atoms with van der Waals surface area (Å²) in [5, 5.41) is 32.2. The van der Waals surface area contributed by atoms with Gasteiger partial charge in [0.1, 0.15) is 17.2 Å². The van der Waals surface area contributed by atoms with Gasteiger partial charge in [0.2, 0.25) is 5.82 Å². The van der Waals surface area contributed by atoms with Crippen LogP contribution in [0.3, 0.4) is 0 Å². The molecule has 0 bridgehead atoms. The molecule has 1 saturated heterocycles. The van der Waals surface area contributed by atoms with Crippen molar-refractivity contribution in [2.24, 2.45) is 0 Å². The SMILES string of the molecule is CCNC(=O)c1nnc(-c2cc(C(C)C)c(O)cc2O)n1-c1ccc(C(=O)N2CCN(c3cccc(OC)c3)CC2)cc1. The van der Waals surface area contributed by atoms with Crippen LogP contribution in [0.4, 0.5) is 5.69 Å². The lowest BCUT2D eigenvalue weighted by Crippen LogP contribution is -2.48. The fourth-order valence-corrected chi connectivity index (χ4v) is 5.24. The van der Waals surface area contributed by atoms with Gasteiger partial charge < -0.3 is 30.1 Å². The van der Waals surface area contributed by atoms with Crippen LogP contribution in [0.1, 0.15) is 53.2 Å². The minimum absolute atomic E-state index is 0.0266. The van der Waals surface area contributed by atoms with Crippen molar-refractivity contribution in [2.75, 3.05) is 44.7 Å². The van der Waals surface area contributed by atoms with E-state index in [2.05, 4.69) is 20.4 Å². The summed E-state index contributed by atoms with van der Waals surface area (Å²) in [6.45, 7) is 8.60. The Balaban J connectivity index is 1.41. The molecule has 1 aliphatic heterocycles. The summed E-state index contributed by atoms with van der Waals surface area (Å²) in [7, 11) is 1.64. The molecule has 2 heterocycles. The summed E-state index contributed by atoms with van der Waals surface area (Å²) in [5.41, 5.74) is 3.05. The number of phenols is 2. The van der Waals surface area contributed by atoms with Crippen molar-refractivity contribution in [1.82, 2.24) is 25.0 Å². The first-order valence-corrected chi connectivity index (χ1v) is 14.3. The van der Waals surface area contributed by atoms with Gasteiger partial charge in [-0.05, 0) is 60.9 Å². The molecule has 2 amide bonds. The van der Waals surface area contributed by atoms with Gasteiger partial charge in [0.25, 0.3) is 11.8 Å². The van der Waals surface area contributed by atoms with E-state index in [1.807, 2.05) is 43.0 Å². The van der Waals surface area contributed by atoms with Gasteiger partial charge in [0.05, 0.1) is 12.7 Å². The molecule has 4 aromatic rings. The number of nitrogens with one attached hydrogen (secondary N) is 1. The summed E-state index contributed by atoms with van der Waals surface area (Å²) in [6, 6.07) is 17.7. The molecular weight excluding hydrogens is 548 g/mol. The van der Waals surface area contributed by atoms with Crippen LogP contribution in [-0.4, -0.2) is 81.5 Å². The number of hydrogen-bond acceptors (Lipinski definition) is 8. The average Bonchev–Trinajstić information content (AvgIpc) is 3.46. The minimum atomic E-state index is -0.433. The number of nitrogens with zero attached hydrogens (tertiary/aromatic N) is 5. The Hall–Kier alpha value is -5.06. The molecule has 1 fully saturated rings. The second kappa shape index (κ2) is 12.4. The number of hydrogen-bond donors (Lipinski definition) is 3. The predicted octanol–water partition coefficient (Wildman–Crippen LogP) is 4.19. The van der Waals surface area contributed by atoms with E-state index in [1.165, 1.54) is 6.07 Å². The Morgan fingerprint density at radius 1 is 0.930 bits per heavy atom. The van der Waals surface area contributed by atoms with Crippen LogP contribution in [0.25, 0.3) is 17.1 Å². The van der Waals surface area contributed by atoms with Crippen molar-refractivity contribution >= 4 is 17.5 Å². The standard InChI is InChI=1S/C32H36N6O5/c1-5-33-31(41)30-35-34-29(26-18-25(20(2)3)27(39)19-28(26)40)38(30)22-11-9-21(10-12-22)32(42)37-15-13-36(14-16-37)23-7-6-8-24(17-23)43-4/h6-12,17-20,39-40H,5,13-16H2,1-4H3,(H,33,41). The second-order valence-corrected chi connectivity index (χ2v) is 10.7. The molecule has 0 saturated carbocycles. The zero-order valence-corrected chi connectivity index (χ0v) is 24.7. The highest BCUT2D eigenvalue weighted by molar-refractivity contribution is 5.95. The van der Waals surface area contributed by atoms with Crippen molar-refractivity contribution in [2.45, 2.75) is 26.7 Å². The lowest BCUT2D eigenvalue weighted by Gasteiger charge is -2.36. The Bertz CT molecular complexity index is 1620. The number of aromatic hydroxyl groups is 2. The van der Waals surface area contributed by atoms with Gasteiger partial charge in [-0.25, -0.2) is 0 Å². The van der Waals surface area contributed by atoms with Crippen molar-refractivity contribution in [1.29, 1.82) is 0 Å². The van der Waals surface area contributed by atoms with Crippen molar-refractivity contribution in [3.05, 3.63) is 77.6 Å². The molecule has 3 aromatic carbocycles. The number of piperazine rings is 1. The van der Waals surface area contributed by atoms with E-state index in [1.54, 1.807) is 48.9 Å². The molecule has 1 aromatic heterocycles. The smallest absolute Gasteiger partial charge is 0.289 e. The normalized spacial score (nSPS) is 13.3. The lowest BCUT2D eigenvalue weighted by molar-refractivity contribution is 0.0746. The first-order valence-electron chi connectivity index (χ1n) is 14.3. The van der Waals surface area contributed by atoms with E-state index in [-0.39, 0.29) is 35.0 Å². The number of rotatable bonds is 8. The number of phenolic OH excluding ortho intramolecular Hbond substituents is 2. The van der Waals surface area contributed by atoms with Crippen LogP contribution < -0.4 is 15.0 Å². The van der Waals surface area contributed by atoms with Gasteiger partial charge in [0, 0.05) is 61.8 Å². The fourth-order valence-electron chi connectivity index (χ4n) is 5.24. The van der Waals surface area contributed by atoms with Crippen molar-refractivity contribution in [3.8, 4) is 34.3 Å². The molecule has 5 rings (SSSR count). The number of carbonyl (C=O) groups excluding carboxylic acids is 2. The van der Waals surface area contributed by atoms with Gasteiger partial charge in [-0.15, -0.1) is 10.2 Å². The lowest BCUT2D eigenvalue weighted by atomic mass is 9.98. The number of ether oxygens (including phenoxy) is 1. The molecule has 0 unspecified atom stereocenters. The Morgan fingerprint density at radius 2 is 1.65 bits per heavy atom. The summed E-state index contributed by atoms with van der Waals surface area (Å²) in [5.74, 6) is 0.290.